The molecule has 0 amide bonds. The Morgan fingerprint density at radius 3 is 2.67 bits per heavy atom. The number of halogens is 2. The summed E-state index contributed by atoms with van der Waals surface area (Å²) in [5.41, 5.74) is 6.91. The van der Waals surface area contributed by atoms with Crippen molar-refractivity contribution in [1.82, 2.24) is 0 Å². The molecule has 3 atom stereocenters. The van der Waals surface area contributed by atoms with Crippen LogP contribution in [0, 0.1) is 5.82 Å². The molecule has 1 aromatic rings. The third-order valence-corrected chi connectivity index (χ3v) is 3.69. The maximum atomic E-state index is 12.8. The lowest BCUT2D eigenvalue weighted by atomic mass is 10.1. The minimum atomic E-state index is -0.222. The van der Waals surface area contributed by atoms with E-state index in [9.17, 15) is 4.39 Å². The van der Waals surface area contributed by atoms with Crippen LogP contribution in [0.5, 0.6) is 0 Å². The van der Waals surface area contributed by atoms with Crippen molar-refractivity contribution in [2.45, 2.75) is 49.8 Å². The van der Waals surface area contributed by atoms with Crippen LogP contribution in [0.3, 0.4) is 0 Å². The molecular weight excluding hydrogens is 253 g/mol. The van der Waals surface area contributed by atoms with Crippen molar-refractivity contribution in [3.05, 3.63) is 35.6 Å². The number of rotatable bonds is 3. The molecule has 0 aliphatic heterocycles. The lowest BCUT2D eigenvalue weighted by Crippen LogP contribution is -2.21. The molecule has 100 valence electrons. The Hall–Kier alpha value is -0.640. The van der Waals surface area contributed by atoms with Gasteiger partial charge in [0.1, 0.15) is 5.82 Å². The maximum absolute atomic E-state index is 12.8. The first-order valence-corrected chi connectivity index (χ1v) is 6.83. The van der Waals surface area contributed by atoms with Gasteiger partial charge in [0, 0.05) is 11.4 Å². The summed E-state index contributed by atoms with van der Waals surface area (Å²) in [4.78, 5) is 0. The van der Waals surface area contributed by atoms with E-state index in [1.165, 1.54) is 12.1 Å². The first-order chi connectivity index (χ1) is 8.63. The van der Waals surface area contributed by atoms with Gasteiger partial charge >= 0.3 is 0 Å². The largest absolute Gasteiger partial charge is 0.373 e. The molecule has 0 aromatic heterocycles. The molecule has 2 N–H and O–H groups in total. The van der Waals surface area contributed by atoms with Gasteiger partial charge in [-0.3, -0.25) is 0 Å². The van der Waals surface area contributed by atoms with Gasteiger partial charge < -0.3 is 10.5 Å². The topological polar surface area (TPSA) is 35.2 Å². The Labute approximate surface area is 112 Å². The Balaban J connectivity index is 1.84. The van der Waals surface area contributed by atoms with E-state index in [-0.39, 0.29) is 23.3 Å². The molecule has 18 heavy (non-hydrogen) atoms. The van der Waals surface area contributed by atoms with E-state index < -0.39 is 0 Å². The Bertz CT molecular complexity index is 371. The van der Waals surface area contributed by atoms with Gasteiger partial charge in [-0.25, -0.2) is 4.39 Å². The van der Waals surface area contributed by atoms with Crippen molar-refractivity contribution in [2.24, 2.45) is 5.73 Å². The molecule has 0 radical (unpaired) electrons. The van der Waals surface area contributed by atoms with Crippen molar-refractivity contribution >= 4 is 11.6 Å². The highest BCUT2D eigenvalue weighted by Crippen LogP contribution is 2.24. The van der Waals surface area contributed by atoms with Crippen LogP contribution in [0.1, 0.15) is 31.2 Å². The van der Waals surface area contributed by atoms with Gasteiger partial charge in [0.2, 0.25) is 0 Å². The third-order valence-electron chi connectivity index (χ3n) is 3.34. The zero-order valence-corrected chi connectivity index (χ0v) is 11.1. The highest BCUT2D eigenvalue weighted by Gasteiger charge is 2.23. The fraction of sp³-hybridized carbons (Fsp3) is 0.571. The van der Waals surface area contributed by atoms with Crippen molar-refractivity contribution < 1.29 is 9.13 Å². The van der Waals surface area contributed by atoms with Crippen molar-refractivity contribution in [3.8, 4) is 0 Å². The highest BCUT2D eigenvalue weighted by atomic mass is 35.5. The molecule has 1 fully saturated rings. The lowest BCUT2D eigenvalue weighted by Gasteiger charge is -2.17. The molecule has 0 bridgehead atoms. The zero-order chi connectivity index (χ0) is 13.0. The summed E-state index contributed by atoms with van der Waals surface area (Å²) in [5, 5.41) is 0.0979. The second-order valence-electron chi connectivity index (χ2n) is 4.97. The number of hydrogen-bond donors (Lipinski definition) is 1. The minimum absolute atomic E-state index is 0.0979. The van der Waals surface area contributed by atoms with Crippen molar-refractivity contribution in [2.75, 3.05) is 0 Å². The molecular formula is C14H19ClFNO. The van der Waals surface area contributed by atoms with E-state index >= 15 is 0 Å². The normalized spacial score (nSPS) is 28.9. The molecule has 0 spiro atoms. The molecule has 4 heteroatoms. The van der Waals surface area contributed by atoms with Gasteiger partial charge in [-0.05, 0) is 43.4 Å². The molecule has 1 aliphatic carbocycles. The Morgan fingerprint density at radius 1 is 1.22 bits per heavy atom. The van der Waals surface area contributed by atoms with Gasteiger partial charge in [-0.15, -0.1) is 11.6 Å². The van der Waals surface area contributed by atoms with Gasteiger partial charge in [0.25, 0.3) is 0 Å². The molecule has 0 saturated heterocycles. The molecule has 1 aromatic carbocycles. The molecule has 2 rings (SSSR count). The fourth-order valence-corrected chi connectivity index (χ4v) is 2.72. The first kappa shape index (κ1) is 13.8. The lowest BCUT2D eigenvalue weighted by molar-refractivity contribution is 0.0313. The van der Waals surface area contributed by atoms with Gasteiger partial charge in [-0.2, -0.15) is 0 Å². The summed E-state index contributed by atoms with van der Waals surface area (Å²) in [5.74, 6) is -0.222. The number of nitrogens with two attached hydrogens (primary N) is 1. The predicted molar refractivity (Wildman–Crippen MR) is 71.1 cm³/mol. The second-order valence-corrected chi connectivity index (χ2v) is 5.58. The maximum Gasteiger partial charge on any atom is 0.123 e. The Kier molecular flexibility index (Phi) is 4.98. The van der Waals surface area contributed by atoms with Crippen LogP contribution >= 0.6 is 11.6 Å². The molecule has 0 heterocycles. The van der Waals surface area contributed by atoms with Crippen LogP contribution in [0.25, 0.3) is 0 Å². The molecule has 2 nitrogen and oxygen atoms in total. The quantitative estimate of drug-likeness (QED) is 0.677. The average molecular weight is 272 g/mol. The van der Waals surface area contributed by atoms with Crippen LogP contribution in [0.15, 0.2) is 24.3 Å². The van der Waals surface area contributed by atoms with E-state index in [1.807, 2.05) is 0 Å². The number of ether oxygens (including phenoxy) is 1. The summed E-state index contributed by atoms with van der Waals surface area (Å²) < 4.78 is 18.6. The van der Waals surface area contributed by atoms with E-state index in [4.69, 9.17) is 22.1 Å². The van der Waals surface area contributed by atoms with Crippen LogP contribution in [-0.2, 0) is 11.3 Å². The Morgan fingerprint density at radius 2 is 1.94 bits per heavy atom. The average Bonchev–Trinajstić information content (AvgIpc) is 2.49. The first-order valence-electron chi connectivity index (χ1n) is 6.39. The van der Waals surface area contributed by atoms with Gasteiger partial charge in [0.05, 0.1) is 12.7 Å². The fourth-order valence-electron chi connectivity index (χ4n) is 2.29. The van der Waals surface area contributed by atoms with Crippen LogP contribution in [-0.4, -0.2) is 17.5 Å². The van der Waals surface area contributed by atoms with Crippen molar-refractivity contribution in [1.29, 1.82) is 0 Å². The summed E-state index contributed by atoms with van der Waals surface area (Å²) >= 11 is 6.20. The monoisotopic (exact) mass is 271 g/mol. The second kappa shape index (κ2) is 6.50. The van der Waals surface area contributed by atoms with E-state index in [2.05, 4.69) is 0 Å². The van der Waals surface area contributed by atoms with Crippen LogP contribution in [0.2, 0.25) is 0 Å². The summed E-state index contributed by atoms with van der Waals surface area (Å²) in [6.07, 6.45) is 3.77. The summed E-state index contributed by atoms with van der Waals surface area (Å²) in [7, 11) is 0. The van der Waals surface area contributed by atoms with E-state index in [1.54, 1.807) is 12.1 Å². The van der Waals surface area contributed by atoms with Gasteiger partial charge in [0.15, 0.2) is 0 Å². The predicted octanol–water partition coefficient (Wildman–Crippen LogP) is 3.22. The third kappa shape index (κ3) is 4.23. The van der Waals surface area contributed by atoms with Crippen molar-refractivity contribution in [3.63, 3.8) is 0 Å². The number of alkyl halides is 1. The van der Waals surface area contributed by atoms with Gasteiger partial charge in [-0.1, -0.05) is 12.1 Å². The zero-order valence-electron chi connectivity index (χ0n) is 10.3. The number of benzene rings is 1. The molecule has 3 unspecified atom stereocenters. The molecule has 1 saturated carbocycles. The van der Waals surface area contributed by atoms with E-state index in [0.717, 1.165) is 31.2 Å². The number of hydrogen-bond acceptors (Lipinski definition) is 2. The summed E-state index contributed by atoms with van der Waals surface area (Å²) in [6, 6.07) is 6.58. The molecule has 1 aliphatic rings. The standard InChI is InChI=1S/C14H19ClFNO/c15-11-7-13(17)5-6-14(8-11)18-9-10-1-3-12(16)4-2-10/h1-4,11,13-14H,5-9,17H2. The van der Waals surface area contributed by atoms with Crippen LogP contribution in [0.4, 0.5) is 4.39 Å². The van der Waals surface area contributed by atoms with E-state index in [0.29, 0.717) is 6.61 Å². The summed E-state index contributed by atoms with van der Waals surface area (Å²) in [6.45, 7) is 0.504. The van der Waals surface area contributed by atoms with Crippen LogP contribution < -0.4 is 5.73 Å². The minimum Gasteiger partial charge on any atom is -0.373 e. The SMILES string of the molecule is NC1CCC(OCc2ccc(F)cc2)CC(Cl)C1. The highest BCUT2D eigenvalue weighted by molar-refractivity contribution is 6.20. The smallest absolute Gasteiger partial charge is 0.123 e.